The maximum Gasteiger partial charge on any atom is 0.226 e. The molecule has 2 nitrogen and oxygen atoms in total. The van der Waals surface area contributed by atoms with Crippen molar-refractivity contribution in [3.8, 4) is 5.75 Å². The highest BCUT2D eigenvalue weighted by atomic mass is 127. The van der Waals surface area contributed by atoms with Crippen LogP contribution in [0.3, 0.4) is 0 Å². The molecule has 14 heavy (non-hydrogen) atoms. The molecule has 0 N–H and O–H groups in total. The topological polar surface area (TPSA) is 26.3 Å². The molecule has 76 valence electrons. The van der Waals surface area contributed by atoms with Crippen LogP contribution in [0.4, 0.5) is 0 Å². The van der Waals surface area contributed by atoms with E-state index in [0.717, 1.165) is 0 Å². The molecule has 0 spiro atoms. The fourth-order valence-electron chi connectivity index (χ4n) is 1.23. The Morgan fingerprint density at radius 3 is 2.50 bits per heavy atom. The van der Waals surface area contributed by atoms with E-state index in [1.807, 2.05) is 18.2 Å². The van der Waals surface area contributed by atoms with Crippen LogP contribution >= 0.6 is 22.6 Å². The number of benzene rings is 1. The minimum atomic E-state index is 0.00903. The highest BCUT2D eigenvalue weighted by Gasteiger charge is 2.10. The summed E-state index contributed by atoms with van der Waals surface area (Å²) in [5.41, 5.74) is 1.82. The second-order valence-electron chi connectivity index (χ2n) is 3.39. The number of ether oxygens (including phenoxy) is 1. The Labute approximate surface area is 97.8 Å². The van der Waals surface area contributed by atoms with Crippen molar-refractivity contribution in [2.45, 2.75) is 19.8 Å². The van der Waals surface area contributed by atoms with Crippen molar-refractivity contribution < 1.29 is 9.53 Å². The fourth-order valence-corrected chi connectivity index (χ4v) is 1.67. The third-order valence-electron chi connectivity index (χ3n) is 2.10. The van der Waals surface area contributed by atoms with Gasteiger partial charge in [0.25, 0.3) is 0 Å². The number of carbonyl (C=O) groups is 1. The number of methoxy groups -OCH3 is 1. The van der Waals surface area contributed by atoms with Crippen LogP contribution in [0, 0.1) is 0 Å². The Kier molecular flexibility index (Phi) is 3.92. The lowest BCUT2D eigenvalue weighted by Gasteiger charge is -2.10. The molecule has 0 saturated heterocycles. The number of hydrogen-bond acceptors (Lipinski definition) is 2. The Morgan fingerprint density at radius 2 is 2.07 bits per heavy atom. The summed E-state index contributed by atoms with van der Waals surface area (Å²) in [7, 11) is 1.59. The number of rotatable bonds is 3. The van der Waals surface area contributed by atoms with Gasteiger partial charge in [-0.3, -0.25) is 4.79 Å². The van der Waals surface area contributed by atoms with Gasteiger partial charge in [-0.15, -0.1) is 0 Å². The summed E-state index contributed by atoms with van der Waals surface area (Å²) in [5.74, 6) is 1.11. The van der Waals surface area contributed by atoms with Crippen molar-refractivity contribution in [2.75, 3.05) is 7.11 Å². The van der Waals surface area contributed by atoms with E-state index in [4.69, 9.17) is 4.74 Å². The average molecular weight is 304 g/mol. The molecule has 1 aromatic rings. The quantitative estimate of drug-likeness (QED) is 0.632. The van der Waals surface area contributed by atoms with Gasteiger partial charge >= 0.3 is 0 Å². The highest BCUT2D eigenvalue weighted by Crippen LogP contribution is 2.26. The molecule has 0 unspecified atom stereocenters. The van der Waals surface area contributed by atoms with Crippen molar-refractivity contribution in [1.29, 1.82) is 0 Å². The summed E-state index contributed by atoms with van der Waals surface area (Å²) < 4.78 is 5.18. The molecule has 3 heteroatoms. The molecule has 0 aliphatic carbocycles. The van der Waals surface area contributed by atoms with Gasteiger partial charge in [0.15, 0.2) is 0 Å². The van der Waals surface area contributed by atoms with E-state index in [9.17, 15) is 4.79 Å². The molecule has 0 heterocycles. The van der Waals surface area contributed by atoms with Gasteiger partial charge in [0.05, 0.1) is 12.7 Å². The first-order chi connectivity index (χ1) is 6.56. The second-order valence-corrected chi connectivity index (χ2v) is 4.37. The first-order valence-corrected chi connectivity index (χ1v) is 5.52. The minimum absolute atomic E-state index is 0.00903. The van der Waals surface area contributed by atoms with E-state index >= 15 is 0 Å². The predicted octanol–water partition coefficient (Wildman–Crippen LogP) is 3.39. The molecule has 1 aromatic carbocycles. The third kappa shape index (κ3) is 2.47. The molecule has 1 rings (SSSR count). The van der Waals surface area contributed by atoms with Crippen LogP contribution in [0.5, 0.6) is 5.75 Å². The summed E-state index contributed by atoms with van der Waals surface area (Å²) in [6.07, 6.45) is 0. The van der Waals surface area contributed by atoms with Gasteiger partial charge in [-0.1, -0.05) is 19.9 Å². The Morgan fingerprint density at radius 1 is 1.43 bits per heavy atom. The van der Waals surface area contributed by atoms with Gasteiger partial charge in [-0.25, -0.2) is 0 Å². The van der Waals surface area contributed by atoms with E-state index in [0.29, 0.717) is 17.2 Å². The number of hydrogen-bond donors (Lipinski definition) is 0. The van der Waals surface area contributed by atoms with E-state index in [-0.39, 0.29) is 3.79 Å². The van der Waals surface area contributed by atoms with Crippen LogP contribution in [0.25, 0.3) is 0 Å². The molecular formula is C11H13IO2. The molecule has 0 aromatic heterocycles. The molecule has 0 amide bonds. The third-order valence-corrected chi connectivity index (χ3v) is 2.69. The molecular weight excluding hydrogens is 291 g/mol. The van der Waals surface area contributed by atoms with Gasteiger partial charge in [0.2, 0.25) is 3.79 Å². The lowest BCUT2D eigenvalue weighted by atomic mass is 10.0. The van der Waals surface area contributed by atoms with Crippen LogP contribution in [0.1, 0.15) is 35.7 Å². The number of halogens is 1. The zero-order chi connectivity index (χ0) is 10.7. The highest BCUT2D eigenvalue weighted by molar-refractivity contribution is 14.1. The van der Waals surface area contributed by atoms with E-state index in [1.165, 1.54) is 5.56 Å². The van der Waals surface area contributed by atoms with Crippen LogP contribution in [0.15, 0.2) is 18.2 Å². The summed E-state index contributed by atoms with van der Waals surface area (Å²) in [6, 6.07) is 5.72. The molecule has 0 fully saturated rings. The molecule has 0 radical (unpaired) electrons. The van der Waals surface area contributed by atoms with E-state index in [2.05, 4.69) is 13.8 Å². The predicted molar refractivity (Wildman–Crippen MR) is 65.4 cm³/mol. The summed E-state index contributed by atoms with van der Waals surface area (Å²) in [5, 5.41) is 0. The average Bonchev–Trinajstić information content (AvgIpc) is 2.16. The summed E-state index contributed by atoms with van der Waals surface area (Å²) in [4.78, 5) is 11.2. The molecule has 0 aliphatic rings. The fraction of sp³-hybridized carbons (Fsp3) is 0.364. The van der Waals surface area contributed by atoms with E-state index < -0.39 is 0 Å². The smallest absolute Gasteiger partial charge is 0.226 e. The summed E-state index contributed by atoms with van der Waals surface area (Å²) >= 11 is 1.77. The van der Waals surface area contributed by atoms with Gasteiger partial charge < -0.3 is 4.74 Å². The lowest BCUT2D eigenvalue weighted by Crippen LogP contribution is -1.97. The lowest BCUT2D eigenvalue weighted by molar-refractivity contribution is 0.110. The largest absolute Gasteiger partial charge is 0.496 e. The monoisotopic (exact) mass is 304 g/mol. The van der Waals surface area contributed by atoms with Gasteiger partial charge in [-0.05, 0) is 23.6 Å². The van der Waals surface area contributed by atoms with Crippen LogP contribution in [0.2, 0.25) is 0 Å². The zero-order valence-electron chi connectivity index (χ0n) is 8.50. The SMILES string of the molecule is COc1cc(C(C)C)ccc1C(=O)I. The van der Waals surface area contributed by atoms with Gasteiger partial charge in [0, 0.05) is 22.6 Å². The Hall–Kier alpha value is -0.580. The van der Waals surface area contributed by atoms with Crippen molar-refractivity contribution in [1.82, 2.24) is 0 Å². The van der Waals surface area contributed by atoms with Crippen molar-refractivity contribution in [3.63, 3.8) is 0 Å². The molecule has 0 saturated carbocycles. The van der Waals surface area contributed by atoms with Crippen molar-refractivity contribution in [2.24, 2.45) is 0 Å². The van der Waals surface area contributed by atoms with Crippen LogP contribution < -0.4 is 4.74 Å². The normalized spacial score (nSPS) is 10.4. The van der Waals surface area contributed by atoms with Gasteiger partial charge in [-0.2, -0.15) is 0 Å². The maximum absolute atomic E-state index is 11.2. The number of carbonyl (C=O) groups excluding carboxylic acids is 1. The Balaban J connectivity index is 3.18. The second kappa shape index (κ2) is 4.77. The van der Waals surface area contributed by atoms with Crippen LogP contribution in [-0.4, -0.2) is 10.9 Å². The first-order valence-electron chi connectivity index (χ1n) is 4.44. The maximum atomic E-state index is 11.2. The summed E-state index contributed by atoms with van der Waals surface area (Å²) in [6.45, 7) is 4.22. The van der Waals surface area contributed by atoms with Crippen LogP contribution in [-0.2, 0) is 0 Å². The van der Waals surface area contributed by atoms with Gasteiger partial charge in [0.1, 0.15) is 5.75 Å². The zero-order valence-corrected chi connectivity index (χ0v) is 10.7. The molecule has 0 atom stereocenters. The molecule has 0 aliphatic heterocycles. The van der Waals surface area contributed by atoms with Crippen molar-refractivity contribution >= 4 is 26.4 Å². The standard InChI is InChI=1S/C11H13IO2/c1-7(2)8-4-5-9(11(12)13)10(6-8)14-3/h4-7H,1-3H3. The van der Waals surface area contributed by atoms with E-state index in [1.54, 1.807) is 29.7 Å². The van der Waals surface area contributed by atoms with Crippen molar-refractivity contribution in [3.05, 3.63) is 29.3 Å². The first kappa shape index (κ1) is 11.5. The minimum Gasteiger partial charge on any atom is -0.496 e. The Bertz CT molecular complexity index is 345. The molecule has 0 bridgehead atoms.